The van der Waals surface area contributed by atoms with Crippen LogP contribution < -0.4 is 5.32 Å². The lowest BCUT2D eigenvalue weighted by Crippen LogP contribution is -2.16. The summed E-state index contributed by atoms with van der Waals surface area (Å²) in [6.45, 7) is 2.18. The van der Waals surface area contributed by atoms with Gasteiger partial charge in [0.05, 0.1) is 0 Å². The largest absolute Gasteiger partial charge is 0.382 e. The van der Waals surface area contributed by atoms with Gasteiger partial charge in [0.2, 0.25) is 0 Å². The first-order valence-electron chi connectivity index (χ1n) is 4.78. The van der Waals surface area contributed by atoms with E-state index < -0.39 is 0 Å². The van der Waals surface area contributed by atoms with E-state index in [9.17, 15) is 4.39 Å². The standard InChI is InChI=1S/C11H14FN/c1-8(9-2-3-9)13-11-6-4-10(12)5-7-11/h4-9,13H,2-3H2,1H3/t8-/m1/s1. The smallest absolute Gasteiger partial charge is 0.123 e. The third kappa shape index (κ3) is 2.20. The van der Waals surface area contributed by atoms with Gasteiger partial charge in [0, 0.05) is 11.7 Å². The van der Waals surface area contributed by atoms with Crippen molar-refractivity contribution in [1.82, 2.24) is 0 Å². The highest BCUT2D eigenvalue weighted by Gasteiger charge is 2.27. The molecule has 0 bridgehead atoms. The zero-order valence-electron chi connectivity index (χ0n) is 7.76. The SMILES string of the molecule is C[C@@H](Nc1ccc(F)cc1)C1CC1. The monoisotopic (exact) mass is 179 g/mol. The minimum atomic E-state index is -0.176. The molecule has 0 spiro atoms. The number of hydrogen-bond donors (Lipinski definition) is 1. The van der Waals surface area contributed by atoms with E-state index in [1.807, 2.05) is 0 Å². The highest BCUT2D eigenvalue weighted by Crippen LogP contribution is 2.33. The molecule has 2 heteroatoms. The molecule has 0 radical (unpaired) electrons. The Morgan fingerprint density at radius 3 is 2.46 bits per heavy atom. The Labute approximate surface area is 78.0 Å². The van der Waals surface area contributed by atoms with Gasteiger partial charge in [-0.15, -0.1) is 0 Å². The second kappa shape index (κ2) is 3.36. The maximum atomic E-state index is 12.6. The molecule has 0 unspecified atom stereocenters. The lowest BCUT2D eigenvalue weighted by molar-refractivity contribution is 0.627. The van der Waals surface area contributed by atoms with Crippen LogP contribution in [0.4, 0.5) is 10.1 Å². The first-order valence-corrected chi connectivity index (χ1v) is 4.78. The molecule has 1 nitrogen and oxygen atoms in total. The van der Waals surface area contributed by atoms with E-state index in [1.165, 1.54) is 25.0 Å². The number of benzene rings is 1. The van der Waals surface area contributed by atoms with Crippen molar-refractivity contribution in [2.45, 2.75) is 25.8 Å². The van der Waals surface area contributed by atoms with E-state index in [1.54, 1.807) is 12.1 Å². The van der Waals surface area contributed by atoms with Crippen molar-refractivity contribution in [3.63, 3.8) is 0 Å². The second-order valence-corrected chi connectivity index (χ2v) is 3.78. The number of rotatable bonds is 3. The van der Waals surface area contributed by atoms with Gasteiger partial charge >= 0.3 is 0 Å². The zero-order valence-corrected chi connectivity index (χ0v) is 7.76. The Balaban J connectivity index is 1.96. The summed E-state index contributed by atoms with van der Waals surface area (Å²) in [5.41, 5.74) is 1.01. The summed E-state index contributed by atoms with van der Waals surface area (Å²) >= 11 is 0. The Hall–Kier alpha value is -1.05. The van der Waals surface area contributed by atoms with E-state index in [2.05, 4.69) is 12.2 Å². The summed E-state index contributed by atoms with van der Waals surface area (Å²) in [4.78, 5) is 0. The molecule has 1 aliphatic rings. The molecule has 0 aliphatic heterocycles. The predicted molar refractivity (Wildman–Crippen MR) is 52.2 cm³/mol. The summed E-state index contributed by atoms with van der Waals surface area (Å²) in [6, 6.07) is 7.07. The summed E-state index contributed by atoms with van der Waals surface area (Å²) in [5.74, 6) is 0.648. The summed E-state index contributed by atoms with van der Waals surface area (Å²) in [6.07, 6.45) is 2.66. The molecule has 70 valence electrons. The normalized spacial score (nSPS) is 18.3. The number of nitrogens with one attached hydrogen (secondary N) is 1. The average molecular weight is 179 g/mol. The molecule has 0 amide bonds. The van der Waals surface area contributed by atoms with Crippen LogP contribution in [-0.2, 0) is 0 Å². The quantitative estimate of drug-likeness (QED) is 0.752. The number of halogens is 1. The first kappa shape index (κ1) is 8.54. The van der Waals surface area contributed by atoms with Gasteiger partial charge in [0.1, 0.15) is 5.82 Å². The van der Waals surface area contributed by atoms with Gasteiger partial charge in [0.15, 0.2) is 0 Å². The van der Waals surface area contributed by atoms with E-state index in [0.29, 0.717) is 6.04 Å². The van der Waals surface area contributed by atoms with Crippen LogP contribution in [0.5, 0.6) is 0 Å². The van der Waals surface area contributed by atoms with Gasteiger partial charge in [0.25, 0.3) is 0 Å². The van der Waals surface area contributed by atoms with Crippen molar-refractivity contribution >= 4 is 5.69 Å². The lowest BCUT2D eigenvalue weighted by Gasteiger charge is -2.13. The molecule has 1 atom stereocenters. The first-order chi connectivity index (χ1) is 6.25. The molecule has 1 N–H and O–H groups in total. The number of hydrogen-bond acceptors (Lipinski definition) is 1. The van der Waals surface area contributed by atoms with Crippen LogP contribution in [0.15, 0.2) is 24.3 Å². The Morgan fingerprint density at radius 2 is 1.92 bits per heavy atom. The van der Waals surface area contributed by atoms with Gasteiger partial charge in [-0.25, -0.2) is 4.39 Å². The highest BCUT2D eigenvalue weighted by atomic mass is 19.1. The van der Waals surface area contributed by atoms with Crippen LogP contribution in [0.1, 0.15) is 19.8 Å². The van der Waals surface area contributed by atoms with Gasteiger partial charge in [-0.05, 0) is 49.9 Å². The second-order valence-electron chi connectivity index (χ2n) is 3.78. The Kier molecular flexibility index (Phi) is 2.21. The van der Waals surface area contributed by atoms with Crippen LogP contribution in [0.25, 0.3) is 0 Å². The summed E-state index contributed by atoms with van der Waals surface area (Å²) in [5, 5.41) is 3.36. The minimum Gasteiger partial charge on any atom is -0.382 e. The molecule has 13 heavy (non-hydrogen) atoms. The summed E-state index contributed by atoms with van der Waals surface area (Å²) < 4.78 is 12.6. The van der Waals surface area contributed by atoms with Crippen LogP contribution in [0, 0.1) is 11.7 Å². The average Bonchev–Trinajstić information content (AvgIpc) is 2.91. The Morgan fingerprint density at radius 1 is 1.31 bits per heavy atom. The van der Waals surface area contributed by atoms with Crippen molar-refractivity contribution in [1.29, 1.82) is 0 Å². The fraction of sp³-hybridized carbons (Fsp3) is 0.455. The van der Waals surface area contributed by atoms with E-state index >= 15 is 0 Å². The molecule has 1 aromatic rings. The van der Waals surface area contributed by atoms with E-state index in [0.717, 1.165) is 11.6 Å². The van der Waals surface area contributed by atoms with Gasteiger partial charge in [-0.1, -0.05) is 0 Å². The zero-order chi connectivity index (χ0) is 9.26. The van der Waals surface area contributed by atoms with Crippen LogP contribution in [0.2, 0.25) is 0 Å². The van der Waals surface area contributed by atoms with Crippen LogP contribution >= 0.6 is 0 Å². The lowest BCUT2D eigenvalue weighted by atomic mass is 10.2. The number of anilines is 1. The van der Waals surface area contributed by atoms with Crippen molar-refractivity contribution in [2.24, 2.45) is 5.92 Å². The van der Waals surface area contributed by atoms with E-state index in [4.69, 9.17) is 0 Å². The van der Waals surface area contributed by atoms with Crippen molar-refractivity contribution in [2.75, 3.05) is 5.32 Å². The molecular formula is C11H14FN. The Bertz CT molecular complexity index is 277. The van der Waals surface area contributed by atoms with Crippen LogP contribution in [-0.4, -0.2) is 6.04 Å². The molecule has 0 heterocycles. The topological polar surface area (TPSA) is 12.0 Å². The van der Waals surface area contributed by atoms with Gasteiger partial charge < -0.3 is 5.32 Å². The fourth-order valence-corrected chi connectivity index (χ4v) is 1.52. The summed E-state index contributed by atoms with van der Waals surface area (Å²) in [7, 11) is 0. The third-order valence-electron chi connectivity index (χ3n) is 2.57. The molecular weight excluding hydrogens is 165 g/mol. The van der Waals surface area contributed by atoms with Crippen molar-refractivity contribution in [3.05, 3.63) is 30.1 Å². The molecule has 0 aromatic heterocycles. The molecule has 1 aliphatic carbocycles. The van der Waals surface area contributed by atoms with Crippen LogP contribution in [0.3, 0.4) is 0 Å². The molecule has 2 rings (SSSR count). The molecule has 1 fully saturated rings. The van der Waals surface area contributed by atoms with Gasteiger partial charge in [-0.3, -0.25) is 0 Å². The molecule has 1 aromatic carbocycles. The predicted octanol–water partition coefficient (Wildman–Crippen LogP) is 3.04. The minimum absolute atomic E-state index is 0.176. The molecule has 1 saturated carbocycles. The van der Waals surface area contributed by atoms with Crippen molar-refractivity contribution < 1.29 is 4.39 Å². The molecule has 0 saturated heterocycles. The maximum absolute atomic E-state index is 12.6. The van der Waals surface area contributed by atoms with E-state index in [-0.39, 0.29) is 5.82 Å². The van der Waals surface area contributed by atoms with Crippen molar-refractivity contribution in [3.8, 4) is 0 Å². The fourth-order valence-electron chi connectivity index (χ4n) is 1.52. The third-order valence-corrected chi connectivity index (χ3v) is 2.57. The highest BCUT2D eigenvalue weighted by molar-refractivity contribution is 5.43. The maximum Gasteiger partial charge on any atom is 0.123 e. The van der Waals surface area contributed by atoms with Gasteiger partial charge in [-0.2, -0.15) is 0 Å².